The Balaban J connectivity index is 2.18. The summed E-state index contributed by atoms with van der Waals surface area (Å²) in [5, 5.41) is 24.0. The number of aliphatic hydroxyl groups excluding tert-OH is 1. The van der Waals surface area contributed by atoms with Gasteiger partial charge in [0.15, 0.2) is 0 Å². The van der Waals surface area contributed by atoms with Crippen molar-refractivity contribution in [2.75, 3.05) is 19.7 Å². The van der Waals surface area contributed by atoms with E-state index in [0.717, 1.165) is 45.2 Å². The van der Waals surface area contributed by atoms with Gasteiger partial charge in [0.1, 0.15) is 0 Å². The molecule has 1 aliphatic heterocycles. The maximum absolute atomic E-state index is 10.9. The summed E-state index contributed by atoms with van der Waals surface area (Å²) < 4.78 is 0. The van der Waals surface area contributed by atoms with Crippen LogP contribution < -0.4 is 5.32 Å². The van der Waals surface area contributed by atoms with E-state index in [9.17, 15) is 10.2 Å². The molecule has 2 aliphatic rings. The maximum Gasteiger partial charge on any atom is 0.0749 e. The molecule has 3 nitrogen and oxygen atoms in total. The standard InChI is InChI=1S/C13H25NO2/c1-11-3-2-4-12(9-11,10-15)13(16)5-7-14-8-6-13/h11,14-16H,2-10H2,1H3. The average Bonchev–Trinajstić information content (AvgIpc) is 2.29. The van der Waals surface area contributed by atoms with Gasteiger partial charge in [-0.3, -0.25) is 0 Å². The van der Waals surface area contributed by atoms with Crippen molar-refractivity contribution in [3.8, 4) is 0 Å². The molecule has 0 spiro atoms. The predicted octanol–water partition coefficient (Wildman–Crippen LogP) is 1.29. The van der Waals surface area contributed by atoms with Crippen molar-refractivity contribution in [1.82, 2.24) is 5.32 Å². The molecular weight excluding hydrogens is 202 g/mol. The van der Waals surface area contributed by atoms with Crippen LogP contribution in [-0.2, 0) is 0 Å². The van der Waals surface area contributed by atoms with Crippen molar-refractivity contribution >= 4 is 0 Å². The first-order valence-electron chi connectivity index (χ1n) is 6.66. The van der Waals surface area contributed by atoms with Gasteiger partial charge in [0.2, 0.25) is 0 Å². The van der Waals surface area contributed by atoms with E-state index in [1.165, 1.54) is 6.42 Å². The van der Waals surface area contributed by atoms with Gasteiger partial charge in [-0.1, -0.05) is 19.8 Å². The Morgan fingerprint density at radius 1 is 1.25 bits per heavy atom. The number of nitrogens with one attached hydrogen (secondary N) is 1. The van der Waals surface area contributed by atoms with Gasteiger partial charge in [-0.05, 0) is 44.7 Å². The summed E-state index contributed by atoms with van der Waals surface area (Å²) in [6.45, 7) is 4.15. The fraction of sp³-hybridized carbons (Fsp3) is 1.00. The summed E-state index contributed by atoms with van der Waals surface area (Å²) in [5.41, 5.74) is -0.867. The van der Waals surface area contributed by atoms with Crippen LogP contribution in [0.4, 0.5) is 0 Å². The van der Waals surface area contributed by atoms with Gasteiger partial charge in [-0.15, -0.1) is 0 Å². The van der Waals surface area contributed by atoms with Gasteiger partial charge in [-0.25, -0.2) is 0 Å². The predicted molar refractivity (Wildman–Crippen MR) is 64.2 cm³/mol. The first kappa shape index (κ1) is 12.3. The zero-order valence-corrected chi connectivity index (χ0v) is 10.3. The molecule has 16 heavy (non-hydrogen) atoms. The highest BCUT2D eigenvalue weighted by Crippen LogP contribution is 2.49. The number of hydrogen-bond acceptors (Lipinski definition) is 3. The quantitative estimate of drug-likeness (QED) is 0.666. The van der Waals surface area contributed by atoms with Gasteiger partial charge >= 0.3 is 0 Å². The van der Waals surface area contributed by atoms with Gasteiger partial charge < -0.3 is 15.5 Å². The molecule has 94 valence electrons. The van der Waals surface area contributed by atoms with E-state index in [1.54, 1.807) is 0 Å². The number of hydrogen-bond donors (Lipinski definition) is 3. The third kappa shape index (κ3) is 2.01. The summed E-state index contributed by atoms with van der Waals surface area (Å²) in [5.74, 6) is 0.639. The maximum atomic E-state index is 10.9. The van der Waals surface area contributed by atoms with Crippen LogP contribution in [0.5, 0.6) is 0 Å². The van der Waals surface area contributed by atoms with Crippen molar-refractivity contribution in [2.45, 2.75) is 51.0 Å². The molecule has 0 amide bonds. The van der Waals surface area contributed by atoms with Crippen LogP contribution in [0, 0.1) is 11.3 Å². The molecule has 1 saturated carbocycles. The zero-order valence-electron chi connectivity index (χ0n) is 10.3. The van der Waals surface area contributed by atoms with Gasteiger partial charge in [0.05, 0.1) is 12.2 Å². The van der Waals surface area contributed by atoms with Gasteiger partial charge in [-0.2, -0.15) is 0 Å². The highest BCUT2D eigenvalue weighted by atomic mass is 16.3. The normalized spacial score (nSPS) is 39.6. The molecule has 0 aromatic heterocycles. The van der Waals surface area contributed by atoms with Gasteiger partial charge in [0, 0.05) is 5.41 Å². The minimum Gasteiger partial charge on any atom is -0.396 e. The lowest BCUT2D eigenvalue weighted by atomic mass is 9.58. The second kappa shape index (κ2) is 4.63. The number of aliphatic hydroxyl groups is 2. The highest BCUT2D eigenvalue weighted by molar-refractivity contribution is 5.03. The zero-order chi connectivity index (χ0) is 11.6. The highest BCUT2D eigenvalue weighted by Gasteiger charge is 2.51. The molecule has 1 aliphatic carbocycles. The molecule has 2 rings (SSSR count). The second-order valence-corrected chi connectivity index (χ2v) is 5.92. The summed E-state index contributed by atoms with van der Waals surface area (Å²) in [6.07, 6.45) is 5.96. The smallest absolute Gasteiger partial charge is 0.0749 e. The Kier molecular flexibility index (Phi) is 3.57. The molecule has 0 aromatic rings. The Labute approximate surface area is 98.2 Å². The average molecular weight is 227 g/mol. The minimum atomic E-state index is -0.637. The monoisotopic (exact) mass is 227 g/mol. The van der Waals surface area contributed by atoms with Crippen molar-refractivity contribution in [3.05, 3.63) is 0 Å². The first-order valence-corrected chi connectivity index (χ1v) is 6.66. The number of piperidine rings is 1. The van der Waals surface area contributed by atoms with Crippen LogP contribution in [0.1, 0.15) is 45.4 Å². The molecule has 3 heteroatoms. The number of rotatable bonds is 2. The fourth-order valence-electron chi connectivity index (χ4n) is 3.74. The Morgan fingerprint density at radius 2 is 1.94 bits per heavy atom. The van der Waals surface area contributed by atoms with E-state index in [-0.39, 0.29) is 12.0 Å². The van der Waals surface area contributed by atoms with Crippen LogP contribution in [0.2, 0.25) is 0 Å². The van der Waals surface area contributed by atoms with Gasteiger partial charge in [0.25, 0.3) is 0 Å². The summed E-state index contributed by atoms with van der Waals surface area (Å²) in [4.78, 5) is 0. The molecule has 2 fully saturated rings. The van der Waals surface area contributed by atoms with Crippen molar-refractivity contribution < 1.29 is 10.2 Å². The van der Waals surface area contributed by atoms with Crippen molar-refractivity contribution in [3.63, 3.8) is 0 Å². The van der Waals surface area contributed by atoms with E-state index in [2.05, 4.69) is 12.2 Å². The lowest BCUT2D eigenvalue weighted by Gasteiger charge is -2.52. The van der Waals surface area contributed by atoms with E-state index in [1.807, 2.05) is 0 Å². The Bertz CT molecular complexity index is 238. The molecule has 0 aromatic carbocycles. The third-order valence-corrected chi connectivity index (χ3v) is 4.81. The fourth-order valence-corrected chi connectivity index (χ4v) is 3.74. The van der Waals surface area contributed by atoms with E-state index in [4.69, 9.17) is 0 Å². The molecule has 0 bridgehead atoms. The van der Waals surface area contributed by atoms with Crippen LogP contribution in [0.15, 0.2) is 0 Å². The molecule has 1 heterocycles. The van der Waals surface area contributed by atoms with E-state index in [0.29, 0.717) is 5.92 Å². The molecule has 2 atom stereocenters. The molecule has 0 radical (unpaired) electrons. The topological polar surface area (TPSA) is 52.5 Å². The Hall–Kier alpha value is -0.120. The lowest BCUT2D eigenvalue weighted by molar-refractivity contribution is -0.149. The van der Waals surface area contributed by atoms with Crippen LogP contribution in [0.25, 0.3) is 0 Å². The molecule has 3 N–H and O–H groups in total. The minimum absolute atomic E-state index is 0.147. The van der Waals surface area contributed by atoms with Crippen molar-refractivity contribution in [1.29, 1.82) is 0 Å². The van der Waals surface area contributed by atoms with E-state index < -0.39 is 5.60 Å². The molecule has 2 unspecified atom stereocenters. The second-order valence-electron chi connectivity index (χ2n) is 5.92. The van der Waals surface area contributed by atoms with Crippen LogP contribution >= 0.6 is 0 Å². The summed E-state index contributed by atoms with van der Waals surface area (Å²) in [7, 11) is 0. The first-order chi connectivity index (χ1) is 7.62. The molecule has 1 saturated heterocycles. The lowest BCUT2D eigenvalue weighted by Crippen LogP contribution is -2.57. The SMILES string of the molecule is CC1CCCC(CO)(C2(O)CCNCC2)C1. The van der Waals surface area contributed by atoms with Crippen LogP contribution in [0.3, 0.4) is 0 Å². The van der Waals surface area contributed by atoms with Crippen LogP contribution in [-0.4, -0.2) is 35.5 Å². The Morgan fingerprint density at radius 3 is 2.50 bits per heavy atom. The summed E-state index contributed by atoms with van der Waals surface area (Å²) in [6, 6.07) is 0. The van der Waals surface area contributed by atoms with E-state index >= 15 is 0 Å². The van der Waals surface area contributed by atoms with Crippen molar-refractivity contribution in [2.24, 2.45) is 11.3 Å². The largest absolute Gasteiger partial charge is 0.396 e. The third-order valence-electron chi connectivity index (χ3n) is 4.81. The summed E-state index contributed by atoms with van der Waals surface area (Å²) >= 11 is 0. The molecular formula is C13H25NO2.